The highest BCUT2D eigenvalue weighted by Crippen LogP contribution is 2.39. The van der Waals surface area contributed by atoms with E-state index in [1.54, 1.807) is 6.92 Å². The molecule has 0 bridgehead atoms. The molecule has 9 nitrogen and oxygen atoms in total. The topological polar surface area (TPSA) is 140 Å². The van der Waals surface area contributed by atoms with E-state index in [-0.39, 0.29) is 45.5 Å². The number of hydrogen-bond donors (Lipinski definition) is 3. The van der Waals surface area contributed by atoms with Crippen LogP contribution in [0.2, 0.25) is 0 Å². The molecule has 0 amide bonds. The molecule has 170 valence electrons. The van der Waals surface area contributed by atoms with Gasteiger partial charge in [-0.05, 0) is 6.42 Å². The van der Waals surface area contributed by atoms with E-state index in [1.807, 2.05) is 0 Å². The molecular weight excluding hydrogens is 396 g/mol. The summed E-state index contributed by atoms with van der Waals surface area (Å²) in [5, 5.41) is 32.4. The average molecular weight is 428 g/mol. The third kappa shape index (κ3) is 8.48. The Morgan fingerprint density at radius 1 is 0.733 bits per heavy atom. The summed E-state index contributed by atoms with van der Waals surface area (Å²) in [5.74, 6) is -2.01. The van der Waals surface area contributed by atoms with Gasteiger partial charge in [-0.15, -0.1) is 0 Å². The predicted octanol–water partition coefficient (Wildman–Crippen LogP) is 0.823. The van der Waals surface area contributed by atoms with Crippen LogP contribution in [0.5, 0.6) is 0 Å². The van der Waals surface area contributed by atoms with Crippen molar-refractivity contribution in [3.05, 3.63) is 38.0 Å². The van der Waals surface area contributed by atoms with E-state index in [9.17, 15) is 29.7 Å². The summed E-state index contributed by atoms with van der Waals surface area (Å²) < 4.78 is 14.6. The van der Waals surface area contributed by atoms with Gasteiger partial charge in [0.25, 0.3) is 0 Å². The van der Waals surface area contributed by atoms with Gasteiger partial charge in [0.05, 0.1) is 38.1 Å². The van der Waals surface area contributed by atoms with Crippen LogP contribution < -0.4 is 0 Å². The minimum Gasteiger partial charge on any atom is -0.462 e. The molecule has 0 fully saturated rings. The molecule has 3 atom stereocenters. The summed E-state index contributed by atoms with van der Waals surface area (Å²) in [6.45, 7) is 11.0. The maximum Gasteiger partial charge on any atom is 0.330 e. The van der Waals surface area contributed by atoms with Crippen LogP contribution in [0.4, 0.5) is 0 Å². The van der Waals surface area contributed by atoms with Gasteiger partial charge in [0.15, 0.2) is 0 Å². The average Bonchev–Trinajstić information content (AvgIpc) is 2.73. The lowest BCUT2D eigenvalue weighted by Gasteiger charge is -2.44. The number of carbonyl (C=O) groups is 3. The van der Waals surface area contributed by atoms with E-state index >= 15 is 0 Å². The van der Waals surface area contributed by atoms with Crippen LogP contribution >= 0.6 is 0 Å². The molecule has 0 saturated heterocycles. The number of rotatable bonds is 16. The molecule has 30 heavy (non-hydrogen) atoms. The zero-order valence-electron chi connectivity index (χ0n) is 17.3. The fourth-order valence-corrected chi connectivity index (χ4v) is 3.17. The van der Waals surface area contributed by atoms with Crippen LogP contribution in [0.3, 0.4) is 0 Å². The van der Waals surface area contributed by atoms with Crippen molar-refractivity contribution in [2.24, 2.45) is 5.41 Å². The molecule has 9 heteroatoms. The second kappa shape index (κ2) is 14.5. The van der Waals surface area contributed by atoms with Crippen molar-refractivity contribution in [3.8, 4) is 0 Å². The Hall–Kier alpha value is -2.49. The molecule has 0 radical (unpaired) electrons. The zero-order chi connectivity index (χ0) is 23.2. The van der Waals surface area contributed by atoms with Crippen molar-refractivity contribution in [2.45, 2.75) is 50.9 Å². The van der Waals surface area contributed by atoms with E-state index in [4.69, 9.17) is 14.2 Å². The first kappa shape index (κ1) is 27.5. The Morgan fingerprint density at radius 3 is 1.20 bits per heavy atom. The van der Waals surface area contributed by atoms with Crippen LogP contribution in [-0.2, 0) is 28.6 Å². The summed E-state index contributed by atoms with van der Waals surface area (Å²) in [5.41, 5.74) is -1.46. The normalized spacial score (nSPS) is 15.6. The Bertz CT molecular complexity index is 520. The number of carbonyl (C=O) groups excluding carboxylic acids is 3. The van der Waals surface area contributed by atoms with Crippen LogP contribution in [0, 0.1) is 5.41 Å². The predicted molar refractivity (Wildman–Crippen MR) is 108 cm³/mol. The van der Waals surface area contributed by atoms with E-state index in [1.165, 1.54) is 0 Å². The summed E-state index contributed by atoms with van der Waals surface area (Å²) in [7, 11) is 0. The Kier molecular flexibility index (Phi) is 13.3. The molecule has 0 aliphatic carbocycles. The lowest BCUT2D eigenvalue weighted by molar-refractivity contribution is -0.162. The molecule has 0 spiro atoms. The molecule has 0 rings (SSSR count). The molecule has 0 aromatic carbocycles. The highest BCUT2D eigenvalue weighted by molar-refractivity contribution is 5.81. The van der Waals surface area contributed by atoms with Crippen LogP contribution in [0.1, 0.15) is 32.6 Å². The molecule has 3 unspecified atom stereocenters. The van der Waals surface area contributed by atoms with Crippen molar-refractivity contribution < 1.29 is 43.9 Å². The fraction of sp³-hybridized carbons (Fsp3) is 0.571. The highest BCUT2D eigenvalue weighted by Gasteiger charge is 2.48. The van der Waals surface area contributed by atoms with Crippen LogP contribution in [0.25, 0.3) is 0 Å². The third-order valence-corrected chi connectivity index (χ3v) is 4.88. The minimum atomic E-state index is -1.46. The maximum absolute atomic E-state index is 11.2. The highest BCUT2D eigenvalue weighted by atomic mass is 16.5. The van der Waals surface area contributed by atoms with Crippen LogP contribution in [0.15, 0.2) is 38.0 Å². The summed E-state index contributed by atoms with van der Waals surface area (Å²) in [6, 6.07) is 0. The second-order valence-corrected chi connectivity index (χ2v) is 6.49. The summed E-state index contributed by atoms with van der Waals surface area (Å²) >= 11 is 0. The van der Waals surface area contributed by atoms with Gasteiger partial charge in [0.2, 0.25) is 0 Å². The van der Waals surface area contributed by atoms with Crippen molar-refractivity contribution in [1.82, 2.24) is 0 Å². The van der Waals surface area contributed by atoms with Crippen LogP contribution in [-0.4, -0.2) is 71.4 Å². The SMILES string of the molecule is C=CC(=O)OCCC(O)C(CC)(C(O)CCOC(=O)C=C)C(O)CCOC(=O)C=C. The standard InChI is InChI=1S/C21H32O9/c1-5-18(25)28-12-9-15(22)21(8-4,16(23)10-13-29-19(26)6-2)17(24)11-14-30-20(27)7-3/h5-7,15-17,22-24H,1-3,8-14H2,4H3. The molecule has 0 aromatic heterocycles. The molecular formula is C21H32O9. The lowest BCUT2D eigenvalue weighted by Crippen LogP contribution is -2.54. The van der Waals surface area contributed by atoms with E-state index in [0.29, 0.717) is 0 Å². The van der Waals surface area contributed by atoms with Gasteiger partial charge in [-0.2, -0.15) is 0 Å². The molecule has 0 aliphatic heterocycles. The van der Waals surface area contributed by atoms with Gasteiger partial charge >= 0.3 is 17.9 Å². The Balaban J connectivity index is 5.37. The van der Waals surface area contributed by atoms with Gasteiger partial charge in [0.1, 0.15) is 0 Å². The van der Waals surface area contributed by atoms with Gasteiger partial charge in [-0.3, -0.25) is 0 Å². The first-order chi connectivity index (χ1) is 14.2. The van der Waals surface area contributed by atoms with Gasteiger partial charge < -0.3 is 29.5 Å². The Labute approximate surface area is 176 Å². The number of aliphatic hydroxyl groups excluding tert-OH is 3. The molecule has 0 saturated carbocycles. The molecule has 0 aromatic rings. The van der Waals surface area contributed by atoms with E-state index < -0.39 is 41.6 Å². The number of ether oxygens (including phenoxy) is 3. The van der Waals surface area contributed by atoms with E-state index in [2.05, 4.69) is 19.7 Å². The number of esters is 3. The van der Waals surface area contributed by atoms with Crippen molar-refractivity contribution in [2.75, 3.05) is 19.8 Å². The first-order valence-electron chi connectivity index (χ1n) is 9.61. The van der Waals surface area contributed by atoms with Crippen molar-refractivity contribution >= 4 is 17.9 Å². The summed E-state index contributed by atoms with van der Waals surface area (Å²) in [6.07, 6.45) is -0.986. The number of hydrogen-bond acceptors (Lipinski definition) is 9. The smallest absolute Gasteiger partial charge is 0.330 e. The monoisotopic (exact) mass is 428 g/mol. The van der Waals surface area contributed by atoms with E-state index in [0.717, 1.165) is 18.2 Å². The van der Waals surface area contributed by atoms with Gasteiger partial charge in [-0.1, -0.05) is 26.7 Å². The van der Waals surface area contributed by atoms with Crippen molar-refractivity contribution in [3.63, 3.8) is 0 Å². The first-order valence-corrected chi connectivity index (χ1v) is 9.61. The van der Waals surface area contributed by atoms with Crippen molar-refractivity contribution in [1.29, 1.82) is 0 Å². The zero-order valence-corrected chi connectivity index (χ0v) is 17.3. The third-order valence-electron chi connectivity index (χ3n) is 4.88. The fourth-order valence-electron chi connectivity index (χ4n) is 3.17. The minimum absolute atomic E-state index is 0.0690. The van der Waals surface area contributed by atoms with Gasteiger partial charge in [0, 0.05) is 42.9 Å². The quantitative estimate of drug-likeness (QED) is 0.185. The second-order valence-electron chi connectivity index (χ2n) is 6.49. The largest absolute Gasteiger partial charge is 0.462 e. The molecule has 0 heterocycles. The molecule has 0 aliphatic rings. The summed E-state index contributed by atoms with van der Waals surface area (Å²) in [4.78, 5) is 33.6. The lowest BCUT2D eigenvalue weighted by atomic mass is 9.67. The number of aliphatic hydroxyl groups is 3. The molecule has 3 N–H and O–H groups in total. The Morgan fingerprint density at radius 2 is 1.00 bits per heavy atom. The maximum atomic E-state index is 11.2. The van der Waals surface area contributed by atoms with Gasteiger partial charge in [-0.25, -0.2) is 14.4 Å².